The summed E-state index contributed by atoms with van der Waals surface area (Å²) >= 11 is 5.94. The number of ether oxygens (including phenoxy) is 1. The number of nitrogens with zero attached hydrogens (tertiary/aromatic N) is 1. The van der Waals surface area contributed by atoms with Crippen LogP contribution in [-0.4, -0.2) is 33.8 Å². The molecule has 0 radical (unpaired) electrons. The first kappa shape index (κ1) is 16.6. The Hall–Kier alpha value is -1.26. The quantitative estimate of drug-likeness (QED) is 0.839. The average Bonchev–Trinajstić information content (AvgIpc) is 2.71. The van der Waals surface area contributed by atoms with E-state index >= 15 is 0 Å². The summed E-state index contributed by atoms with van der Waals surface area (Å²) in [6, 6.07) is 7.43. The lowest BCUT2D eigenvalue weighted by atomic mass is 9.80. The van der Waals surface area contributed by atoms with Crippen LogP contribution in [0.5, 0.6) is 0 Å². The second-order valence-electron chi connectivity index (χ2n) is 7.72. The SMILES string of the molecule is CC(C)(C)OC(=O)N1C2CCC1CC(O)(c1ccc(Cl)cc1)C2. The molecule has 2 unspecified atom stereocenters. The van der Waals surface area contributed by atoms with Crippen LogP contribution in [0.3, 0.4) is 0 Å². The van der Waals surface area contributed by atoms with Crippen molar-refractivity contribution >= 4 is 17.7 Å². The van der Waals surface area contributed by atoms with E-state index in [2.05, 4.69) is 0 Å². The normalized spacial score (nSPS) is 30.4. The number of halogens is 1. The molecule has 0 saturated carbocycles. The van der Waals surface area contributed by atoms with Gasteiger partial charge in [0, 0.05) is 29.9 Å². The van der Waals surface area contributed by atoms with Crippen molar-refractivity contribution in [2.75, 3.05) is 0 Å². The summed E-state index contributed by atoms with van der Waals surface area (Å²) in [6.45, 7) is 5.63. The smallest absolute Gasteiger partial charge is 0.410 e. The Balaban J connectivity index is 1.79. The molecular weight excluding hydrogens is 314 g/mol. The van der Waals surface area contributed by atoms with Gasteiger partial charge in [0.05, 0.1) is 5.60 Å². The molecule has 2 heterocycles. The number of benzene rings is 1. The maximum atomic E-state index is 12.5. The topological polar surface area (TPSA) is 49.8 Å². The fraction of sp³-hybridized carbons (Fsp3) is 0.611. The third-order valence-electron chi connectivity index (χ3n) is 4.75. The van der Waals surface area contributed by atoms with Crippen LogP contribution in [0.2, 0.25) is 5.02 Å². The summed E-state index contributed by atoms with van der Waals surface area (Å²) in [5, 5.41) is 11.8. The molecular formula is C18H24ClNO3. The molecule has 0 spiro atoms. The van der Waals surface area contributed by atoms with E-state index in [1.165, 1.54) is 0 Å². The number of fused-ring (bicyclic) bond motifs is 2. The van der Waals surface area contributed by atoms with E-state index in [1.54, 1.807) is 12.1 Å². The van der Waals surface area contributed by atoms with E-state index in [0.29, 0.717) is 17.9 Å². The first-order chi connectivity index (χ1) is 10.7. The van der Waals surface area contributed by atoms with E-state index in [1.807, 2.05) is 37.8 Å². The van der Waals surface area contributed by atoms with Crippen LogP contribution in [0, 0.1) is 0 Å². The molecule has 2 aliphatic rings. The number of carbonyl (C=O) groups excluding carboxylic acids is 1. The summed E-state index contributed by atoms with van der Waals surface area (Å²) in [4.78, 5) is 14.3. The van der Waals surface area contributed by atoms with Crippen LogP contribution in [-0.2, 0) is 10.3 Å². The summed E-state index contributed by atoms with van der Waals surface area (Å²) in [5.41, 5.74) is -0.516. The summed E-state index contributed by atoms with van der Waals surface area (Å²) in [5.74, 6) is 0. The Bertz CT molecular complexity index is 579. The van der Waals surface area contributed by atoms with Gasteiger partial charge in [0.15, 0.2) is 0 Å². The molecule has 3 rings (SSSR count). The minimum absolute atomic E-state index is 0.0317. The molecule has 5 heteroatoms. The first-order valence-electron chi connectivity index (χ1n) is 8.18. The molecule has 2 fully saturated rings. The van der Waals surface area contributed by atoms with Crippen molar-refractivity contribution in [2.45, 2.75) is 69.7 Å². The molecule has 126 valence electrons. The predicted octanol–water partition coefficient (Wildman–Crippen LogP) is 4.09. The van der Waals surface area contributed by atoms with Gasteiger partial charge in [-0.2, -0.15) is 0 Å². The van der Waals surface area contributed by atoms with Gasteiger partial charge in [-0.3, -0.25) is 0 Å². The standard InChI is InChI=1S/C18H24ClNO3/c1-17(2,3)23-16(21)20-14-8-9-15(20)11-18(22,10-14)12-4-6-13(19)7-5-12/h4-7,14-15,22H,8-11H2,1-3H3. The zero-order valence-corrected chi connectivity index (χ0v) is 14.6. The fourth-order valence-corrected chi connectivity index (χ4v) is 3.96. The molecule has 2 aliphatic heterocycles. The number of hydrogen-bond acceptors (Lipinski definition) is 3. The van der Waals surface area contributed by atoms with Crippen LogP contribution >= 0.6 is 11.6 Å². The largest absolute Gasteiger partial charge is 0.444 e. The Kier molecular flexibility index (Phi) is 4.09. The maximum absolute atomic E-state index is 12.5. The lowest BCUT2D eigenvalue weighted by Crippen LogP contribution is -2.53. The number of aliphatic hydroxyl groups is 1. The van der Waals surface area contributed by atoms with E-state index in [9.17, 15) is 9.90 Å². The molecule has 0 aromatic heterocycles. The van der Waals surface area contributed by atoms with Crippen molar-refractivity contribution in [1.82, 2.24) is 4.90 Å². The van der Waals surface area contributed by atoms with Gasteiger partial charge in [-0.25, -0.2) is 4.79 Å². The lowest BCUT2D eigenvalue weighted by Gasteiger charge is -2.44. The molecule has 4 nitrogen and oxygen atoms in total. The van der Waals surface area contributed by atoms with Gasteiger partial charge in [-0.15, -0.1) is 0 Å². The molecule has 0 aliphatic carbocycles. The van der Waals surface area contributed by atoms with Crippen molar-refractivity contribution in [3.63, 3.8) is 0 Å². The second kappa shape index (κ2) is 5.67. The van der Waals surface area contributed by atoms with Gasteiger partial charge in [-0.1, -0.05) is 23.7 Å². The minimum Gasteiger partial charge on any atom is -0.444 e. The molecule has 1 aromatic rings. The van der Waals surface area contributed by atoms with Crippen LogP contribution in [0.15, 0.2) is 24.3 Å². The van der Waals surface area contributed by atoms with E-state index in [-0.39, 0.29) is 18.2 Å². The maximum Gasteiger partial charge on any atom is 0.410 e. The number of rotatable bonds is 1. The zero-order chi connectivity index (χ0) is 16.8. The molecule has 1 amide bonds. The third-order valence-corrected chi connectivity index (χ3v) is 5.00. The molecule has 23 heavy (non-hydrogen) atoms. The predicted molar refractivity (Wildman–Crippen MR) is 89.5 cm³/mol. The summed E-state index contributed by atoms with van der Waals surface area (Å²) in [6.07, 6.45) is 2.66. The minimum atomic E-state index is -0.894. The Morgan fingerprint density at radius 3 is 2.22 bits per heavy atom. The van der Waals surface area contributed by atoms with Gasteiger partial charge in [0.2, 0.25) is 0 Å². The van der Waals surface area contributed by atoms with Crippen LogP contribution in [0.25, 0.3) is 0 Å². The van der Waals surface area contributed by atoms with Crippen molar-refractivity contribution in [1.29, 1.82) is 0 Å². The number of piperidine rings is 1. The van der Waals surface area contributed by atoms with Crippen molar-refractivity contribution in [3.8, 4) is 0 Å². The first-order valence-corrected chi connectivity index (χ1v) is 8.55. The van der Waals surface area contributed by atoms with Crippen LogP contribution < -0.4 is 0 Å². The van der Waals surface area contributed by atoms with Crippen molar-refractivity contribution in [3.05, 3.63) is 34.9 Å². The van der Waals surface area contributed by atoms with Gasteiger partial charge in [0.1, 0.15) is 5.60 Å². The van der Waals surface area contributed by atoms with E-state index < -0.39 is 11.2 Å². The van der Waals surface area contributed by atoms with Gasteiger partial charge < -0.3 is 14.7 Å². The fourth-order valence-electron chi connectivity index (χ4n) is 3.83. The highest BCUT2D eigenvalue weighted by Gasteiger charge is 2.51. The summed E-state index contributed by atoms with van der Waals surface area (Å²) < 4.78 is 5.54. The highest BCUT2D eigenvalue weighted by atomic mass is 35.5. The Morgan fingerprint density at radius 1 is 1.22 bits per heavy atom. The monoisotopic (exact) mass is 337 g/mol. The van der Waals surface area contributed by atoms with Crippen molar-refractivity contribution in [2.24, 2.45) is 0 Å². The zero-order valence-electron chi connectivity index (χ0n) is 13.9. The molecule has 2 atom stereocenters. The van der Waals surface area contributed by atoms with E-state index in [0.717, 1.165) is 18.4 Å². The number of amides is 1. The van der Waals surface area contributed by atoms with Crippen molar-refractivity contribution < 1.29 is 14.6 Å². The second-order valence-corrected chi connectivity index (χ2v) is 8.16. The molecule has 1 N–H and O–H groups in total. The molecule has 2 bridgehead atoms. The van der Waals surface area contributed by atoms with E-state index in [4.69, 9.17) is 16.3 Å². The Morgan fingerprint density at radius 2 is 1.74 bits per heavy atom. The number of hydrogen-bond donors (Lipinski definition) is 1. The van der Waals surface area contributed by atoms with Gasteiger partial charge in [-0.05, 0) is 51.3 Å². The molecule has 1 aromatic carbocycles. The van der Waals surface area contributed by atoms with Crippen LogP contribution in [0.1, 0.15) is 52.0 Å². The molecule has 2 saturated heterocycles. The average molecular weight is 338 g/mol. The van der Waals surface area contributed by atoms with Gasteiger partial charge >= 0.3 is 6.09 Å². The lowest BCUT2D eigenvalue weighted by molar-refractivity contribution is -0.0624. The third kappa shape index (κ3) is 3.33. The highest BCUT2D eigenvalue weighted by molar-refractivity contribution is 6.30. The Labute approximate surface area is 142 Å². The number of carbonyl (C=O) groups is 1. The van der Waals surface area contributed by atoms with Crippen LogP contribution in [0.4, 0.5) is 4.79 Å². The highest BCUT2D eigenvalue weighted by Crippen LogP contribution is 2.46. The van der Waals surface area contributed by atoms with Gasteiger partial charge in [0.25, 0.3) is 0 Å². The summed E-state index contributed by atoms with van der Waals surface area (Å²) in [7, 11) is 0.